The van der Waals surface area contributed by atoms with Crippen LogP contribution in [0.1, 0.15) is 30.9 Å². The van der Waals surface area contributed by atoms with Crippen LogP contribution in [0.25, 0.3) is 11.3 Å². The Balaban J connectivity index is 1.20. The smallest absolute Gasteiger partial charge is 0.321 e. The van der Waals surface area contributed by atoms with Gasteiger partial charge in [0.15, 0.2) is 0 Å². The third kappa shape index (κ3) is 3.48. The number of hydrogen-bond acceptors (Lipinski definition) is 3. The number of para-hydroxylation sites is 1. The number of benzene rings is 2. The van der Waals surface area contributed by atoms with E-state index >= 15 is 0 Å². The number of nitrogens with one attached hydrogen (secondary N) is 1. The van der Waals surface area contributed by atoms with E-state index in [4.69, 9.17) is 0 Å². The molecule has 2 aliphatic heterocycles. The molecule has 5 rings (SSSR count). The molecule has 3 heterocycles. The topological polar surface area (TPSA) is 70.4 Å². The van der Waals surface area contributed by atoms with Gasteiger partial charge in [0.25, 0.3) is 0 Å². The lowest BCUT2D eigenvalue weighted by molar-refractivity contribution is 0.0552. The predicted octanol–water partition coefficient (Wildman–Crippen LogP) is 4.15. The number of carbonyl (C=O) groups excluding carboxylic acids is 1. The Morgan fingerprint density at radius 2 is 1.83 bits per heavy atom. The number of urea groups is 1. The molecule has 0 unspecified atom stereocenters. The molecule has 3 aromatic rings. The number of aromatic nitrogens is 2. The van der Waals surface area contributed by atoms with Gasteiger partial charge in [-0.25, -0.2) is 9.78 Å². The molecule has 1 fully saturated rings. The summed E-state index contributed by atoms with van der Waals surface area (Å²) >= 11 is 0. The first-order valence-electron chi connectivity index (χ1n) is 10.6. The van der Waals surface area contributed by atoms with E-state index in [1.54, 1.807) is 0 Å². The van der Waals surface area contributed by atoms with Crippen molar-refractivity contribution < 1.29 is 9.90 Å². The van der Waals surface area contributed by atoms with Crippen molar-refractivity contribution in [2.75, 3.05) is 18.4 Å². The third-order valence-corrected chi connectivity index (χ3v) is 6.46. The van der Waals surface area contributed by atoms with Gasteiger partial charge in [0, 0.05) is 24.3 Å². The zero-order valence-corrected chi connectivity index (χ0v) is 16.8. The van der Waals surface area contributed by atoms with Crippen molar-refractivity contribution in [3.8, 4) is 11.3 Å². The molecule has 1 aromatic heterocycles. The van der Waals surface area contributed by atoms with Crippen LogP contribution in [0.5, 0.6) is 0 Å². The maximum absolute atomic E-state index is 12.5. The Morgan fingerprint density at radius 1 is 1.10 bits per heavy atom. The number of piperidine rings is 1. The molecular weight excluding hydrogens is 376 g/mol. The summed E-state index contributed by atoms with van der Waals surface area (Å²) < 4.78 is 2.18. The molecule has 2 aliphatic rings. The highest BCUT2D eigenvalue weighted by Crippen LogP contribution is 2.42. The average molecular weight is 402 g/mol. The van der Waals surface area contributed by atoms with Crippen molar-refractivity contribution in [3.05, 3.63) is 72.7 Å². The van der Waals surface area contributed by atoms with Gasteiger partial charge in [-0.3, -0.25) is 0 Å². The Bertz CT molecular complexity index is 1020. The van der Waals surface area contributed by atoms with Crippen LogP contribution in [-0.4, -0.2) is 44.8 Å². The van der Waals surface area contributed by atoms with Gasteiger partial charge < -0.3 is 19.9 Å². The van der Waals surface area contributed by atoms with Crippen LogP contribution >= 0.6 is 0 Å². The van der Waals surface area contributed by atoms with E-state index in [1.165, 1.54) is 11.1 Å². The van der Waals surface area contributed by atoms with Crippen LogP contribution in [0.3, 0.4) is 0 Å². The Morgan fingerprint density at radius 3 is 2.63 bits per heavy atom. The van der Waals surface area contributed by atoms with E-state index in [0.717, 1.165) is 24.2 Å². The number of aliphatic hydroxyl groups excluding tert-OH is 1. The van der Waals surface area contributed by atoms with Crippen molar-refractivity contribution in [2.24, 2.45) is 5.92 Å². The highest BCUT2D eigenvalue weighted by molar-refractivity contribution is 5.89. The summed E-state index contributed by atoms with van der Waals surface area (Å²) in [5.41, 5.74) is 4.39. The van der Waals surface area contributed by atoms with Crippen LogP contribution in [0.15, 0.2) is 67.1 Å². The SMILES string of the molecule is O=C(Nc1ccccc1)N1CCC([C@H](O)C[C@@H]2c3ccccc3-c3cncn32)CC1. The number of amides is 2. The van der Waals surface area contributed by atoms with Crippen molar-refractivity contribution in [1.29, 1.82) is 0 Å². The fourth-order valence-corrected chi connectivity index (χ4v) is 4.81. The summed E-state index contributed by atoms with van der Waals surface area (Å²) in [7, 11) is 0. The minimum atomic E-state index is -0.407. The Hall–Kier alpha value is -3.12. The summed E-state index contributed by atoms with van der Waals surface area (Å²) in [6.45, 7) is 1.33. The number of rotatable bonds is 4. The summed E-state index contributed by atoms with van der Waals surface area (Å²) in [6.07, 6.45) is 5.65. The largest absolute Gasteiger partial charge is 0.393 e. The second-order valence-corrected chi connectivity index (χ2v) is 8.21. The van der Waals surface area contributed by atoms with Crippen LogP contribution < -0.4 is 5.32 Å². The summed E-state index contributed by atoms with van der Waals surface area (Å²) in [6, 6.07) is 17.9. The molecule has 1 saturated heterocycles. The number of nitrogens with zero attached hydrogens (tertiary/aromatic N) is 3. The number of anilines is 1. The van der Waals surface area contributed by atoms with E-state index < -0.39 is 6.10 Å². The molecule has 154 valence electrons. The molecule has 30 heavy (non-hydrogen) atoms. The van der Waals surface area contributed by atoms with Crippen LogP contribution in [0.2, 0.25) is 0 Å². The molecule has 0 saturated carbocycles. The number of fused-ring (bicyclic) bond motifs is 3. The van der Waals surface area contributed by atoms with E-state index in [0.29, 0.717) is 19.5 Å². The van der Waals surface area contributed by atoms with E-state index in [1.807, 2.05) is 53.8 Å². The van der Waals surface area contributed by atoms with Crippen LogP contribution in [0, 0.1) is 5.92 Å². The molecule has 6 heteroatoms. The maximum atomic E-state index is 12.5. The summed E-state index contributed by atoms with van der Waals surface area (Å²) in [4.78, 5) is 18.7. The Labute approximate surface area is 176 Å². The fraction of sp³-hybridized carbons (Fsp3) is 0.333. The molecule has 0 bridgehead atoms. The first-order chi connectivity index (χ1) is 14.7. The van der Waals surface area contributed by atoms with Gasteiger partial charge in [0.2, 0.25) is 0 Å². The standard InChI is InChI=1S/C24H26N4O2/c29-23(14-21-19-8-4-5-9-20(19)22-15-25-16-28(21)22)17-10-12-27(13-11-17)24(30)26-18-6-2-1-3-7-18/h1-9,15-17,21,23,29H,10-14H2,(H,26,30)/t21-,23-/m1/s1. The predicted molar refractivity (Wildman–Crippen MR) is 116 cm³/mol. The first-order valence-corrected chi connectivity index (χ1v) is 10.6. The lowest BCUT2D eigenvalue weighted by Crippen LogP contribution is -2.43. The molecule has 2 aromatic carbocycles. The van der Waals surface area contributed by atoms with E-state index in [9.17, 15) is 9.90 Å². The normalized spacial score (nSPS) is 19.2. The van der Waals surface area contributed by atoms with Gasteiger partial charge in [-0.05, 0) is 42.9 Å². The molecule has 2 N–H and O–H groups in total. The molecule has 6 nitrogen and oxygen atoms in total. The van der Waals surface area contributed by atoms with Gasteiger partial charge in [-0.15, -0.1) is 0 Å². The second-order valence-electron chi connectivity index (χ2n) is 8.21. The van der Waals surface area contributed by atoms with Gasteiger partial charge in [-0.2, -0.15) is 0 Å². The van der Waals surface area contributed by atoms with Gasteiger partial charge >= 0.3 is 6.03 Å². The molecular formula is C24H26N4O2. The van der Waals surface area contributed by atoms with Gasteiger partial charge in [0.05, 0.1) is 30.4 Å². The monoisotopic (exact) mass is 402 g/mol. The zero-order valence-electron chi connectivity index (χ0n) is 16.8. The van der Waals surface area contributed by atoms with E-state index in [-0.39, 0.29) is 18.0 Å². The number of likely N-dealkylation sites (tertiary alicyclic amines) is 1. The third-order valence-electron chi connectivity index (χ3n) is 6.46. The molecule has 2 atom stereocenters. The molecule has 0 radical (unpaired) electrons. The van der Waals surface area contributed by atoms with Crippen LogP contribution in [0.4, 0.5) is 10.5 Å². The number of carbonyl (C=O) groups is 1. The fourth-order valence-electron chi connectivity index (χ4n) is 4.81. The molecule has 0 aliphatic carbocycles. The average Bonchev–Trinajstić information content (AvgIpc) is 3.37. The lowest BCUT2D eigenvalue weighted by Gasteiger charge is -2.35. The van der Waals surface area contributed by atoms with Crippen molar-refractivity contribution in [1.82, 2.24) is 14.5 Å². The highest BCUT2D eigenvalue weighted by Gasteiger charge is 2.33. The van der Waals surface area contributed by atoms with Gasteiger partial charge in [-0.1, -0.05) is 42.5 Å². The summed E-state index contributed by atoms with van der Waals surface area (Å²) in [5.74, 6) is 0.200. The first kappa shape index (κ1) is 18.9. The van der Waals surface area contributed by atoms with Crippen molar-refractivity contribution >= 4 is 11.7 Å². The number of aliphatic hydroxyl groups is 1. The minimum absolute atomic E-state index is 0.0677. The van der Waals surface area contributed by atoms with Gasteiger partial charge in [0.1, 0.15) is 0 Å². The van der Waals surface area contributed by atoms with Crippen molar-refractivity contribution in [3.63, 3.8) is 0 Å². The quantitative estimate of drug-likeness (QED) is 0.689. The lowest BCUT2D eigenvalue weighted by atomic mass is 9.86. The van der Waals surface area contributed by atoms with Crippen LogP contribution in [-0.2, 0) is 0 Å². The maximum Gasteiger partial charge on any atom is 0.321 e. The molecule has 0 spiro atoms. The van der Waals surface area contributed by atoms with Crippen molar-refractivity contribution in [2.45, 2.75) is 31.4 Å². The highest BCUT2D eigenvalue weighted by atomic mass is 16.3. The van der Waals surface area contributed by atoms with E-state index in [2.05, 4.69) is 33.1 Å². The Kier molecular flexibility index (Phi) is 5.01. The summed E-state index contributed by atoms with van der Waals surface area (Å²) in [5, 5.41) is 14.0. The number of imidazole rings is 1. The zero-order chi connectivity index (χ0) is 20.5. The molecule has 2 amide bonds. The minimum Gasteiger partial charge on any atom is -0.393 e. The number of hydrogen-bond donors (Lipinski definition) is 2. The second kappa shape index (κ2) is 7.95.